The van der Waals surface area contributed by atoms with Crippen molar-refractivity contribution in [3.05, 3.63) is 29.8 Å². The highest BCUT2D eigenvalue weighted by Gasteiger charge is 2.07. The highest BCUT2D eigenvalue weighted by Crippen LogP contribution is 2.17. The predicted octanol–water partition coefficient (Wildman–Crippen LogP) is 2.17. The number of benzene rings is 1. The van der Waals surface area contributed by atoms with Crippen LogP contribution in [0.2, 0.25) is 0 Å². The van der Waals surface area contributed by atoms with Crippen LogP contribution in [0.25, 0.3) is 0 Å². The minimum atomic E-state index is -0.240. The van der Waals surface area contributed by atoms with Crippen LogP contribution < -0.4 is 4.42 Å². The van der Waals surface area contributed by atoms with E-state index in [1.165, 1.54) is 6.92 Å². The van der Waals surface area contributed by atoms with Gasteiger partial charge in [0.2, 0.25) is 5.91 Å². The van der Waals surface area contributed by atoms with Gasteiger partial charge in [0.25, 0.3) is 0 Å². The van der Waals surface area contributed by atoms with Gasteiger partial charge >= 0.3 is 0 Å². The van der Waals surface area contributed by atoms with Crippen LogP contribution in [-0.4, -0.2) is 5.91 Å². The van der Waals surface area contributed by atoms with Gasteiger partial charge in [-0.15, -0.1) is 6.42 Å². The van der Waals surface area contributed by atoms with Gasteiger partial charge < -0.3 is 0 Å². The highest BCUT2D eigenvalue weighted by atomic mass is 35.5. The molecule has 1 aromatic carbocycles. The fourth-order valence-corrected chi connectivity index (χ4v) is 1.00. The van der Waals surface area contributed by atoms with Crippen LogP contribution in [0, 0.1) is 12.3 Å². The summed E-state index contributed by atoms with van der Waals surface area (Å²) in [6, 6.07) is 6.92. The number of carbonyl (C=O) groups excluding carboxylic acids is 1. The Morgan fingerprint density at radius 3 is 2.85 bits per heavy atom. The lowest BCUT2D eigenvalue weighted by Gasteiger charge is -2.10. The molecule has 0 aliphatic carbocycles. The van der Waals surface area contributed by atoms with Crippen molar-refractivity contribution < 1.29 is 4.79 Å². The summed E-state index contributed by atoms with van der Waals surface area (Å²) in [7, 11) is 0. The predicted molar refractivity (Wildman–Crippen MR) is 53.4 cm³/mol. The Morgan fingerprint density at radius 1 is 1.62 bits per heavy atom. The minimum Gasteiger partial charge on any atom is -0.274 e. The normalized spacial score (nSPS) is 9.00. The number of anilines is 1. The number of hydrogen-bond donors (Lipinski definition) is 0. The summed E-state index contributed by atoms with van der Waals surface area (Å²) >= 11 is 5.69. The lowest BCUT2D eigenvalue weighted by molar-refractivity contribution is -0.115. The maximum Gasteiger partial charge on any atom is 0.238 e. The van der Waals surface area contributed by atoms with E-state index in [2.05, 4.69) is 5.92 Å². The third-order valence-electron chi connectivity index (χ3n) is 1.52. The molecule has 0 saturated heterocycles. The van der Waals surface area contributed by atoms with Crippen LogP contribution in [0.3, 0.4) is 0 Å². The van der Waals surface area contributed by atoms with E-state index in [-0.39, 0.29) is 5.91 Å². The number of rotatable bonds is 1. The molecule has 66 valence electrons. The van der Waals surface area contributed by atoms with Crippen LogP contribution in [0.4, 0.5) is 5.69 Å². The van der Waals surface area contributed by atoms with E-state index >= 15 is 0 Å². The Morgan fingerprint density at radius 2 is 2.31 bits per heavy atom. The summed E-state index contributed by atoms with van der Waals surface area (Å²) in [5, 5.41) is 0. The molecule has 0 aromatic heterocycles. The molecule has 3 heteroatoms. The lowest BCUT2D eigenvalue weighted by atomic mass is 10.2. The molecule has 1 rings (SSSR count). The highest BCUT2D eigenvalue weighted by molar-refractivity contribution is 6.36. The van der Waals surface area contributed by atoms with E-state index in [4.69, 9.17) is 18.2 Å². The molecular formula is C10H8ClNO. The molecule has 13 heavy (non-hydrogen) atoms. The second kappa shape index (κ2) is 3.97. The van der Waals surface area contributed by atoms with Crippen molar-refractivity contribution in [2.75, 3.05) is 4.42 Å². The molecule has 0 bridgehead atoms. The number of carbonyl (C=O) groups is 1. The van der Waals surface area contributed by atoms with Gasteiger partial charge in [-0.05, 0) is 18.2 Å². The molecule has 0 saturated carbocycles. The third-order valence-corrected chi connectivity index (χ3v) is 1.95. The summed E-state index contributed by atoms with van der Waals surface area (Å²) in [5.74, 6) is 2.22. The van der Waals surface area contributed by atoms with E-state index < -0.39 is 0 Å². The minimum absolute atomic E-state index is 0.240. The molecule has 0 atom stereocenters. The third kappa shape index (κ3) is 2.24. The van der Waals surface area contributed by atoms with Crippen molar-refractivity contribution >= 4 is 23.4 Å². The van der Waals surface area contributed by atoms with Gasteiger partial charge in [0.05, 0.1) is 5.69 Å². The van der Waals surface area contributed by atoms with Gasteiger partial charge in [0.15, 0.2) is 0 Å². The molecule has 0 heterocycles. The Labute approximate surface area is 82.2 Å². The number of hydrogen-bond acceptors (Lipinski definition) is 1. The smallest absolute Gasteiger partial charge is 0.238 e. The standard InChI is InChI=1S/C10H8ClNO/c1-3-9-5-4-6-10(7-9)12(11)8(2)13/h1,4-7H,2H3. The molecule has 2 nitrogen and oxygen atoms in total. The molecule has 0 spiro atoms. The molecular weight excluding hydrogens is 186 g/mol. The van der Waals surface area contributed by atoms with Crippen molar-refractivity contribution in [2.24, 2.45) is 0 Å². The fraction of sp³-hybridized carbons (Fsp3) is 0.100. The zero-order valence-corrected chi connectivity index (χ0v) is 7.88. The second-order valence-corrected chi connectivity index (χ2v) is 2.83. The van der Waals surface area contributed by atoms with E-state index in [0.717, 1.165) is 4.42 Å². The largest absolute Gasteiger partial charge is 0.274 e. The first-order chi connectivity index (χ1) is 6.15. The monoisotopic (exact) mass is 193 g/mol. The average Bonchev–Trinajstić information content (AvgIpc) is 2.16. The Balaban J connectivity index is 3.03. The van der Waals surface area contributed by atoms with E-state index in [9.17, 15) is 4.79 Å². The van der Waals surface area contributed by atoms with E-state index in [0.29, 0.717) is 11.3 Å². The molecule has 0 N–H and O–H groups in total. The first kappa shape index (κ1) is 9.63. The molecule has 0 unspecified atom stereocenters. The molecule has 0 aliphatic heterocycles. The summed E-state index contributed by atoms with van der Waals surface area (Å²) in [4.78, 5) is 10.9. The first-order valence-electron chi connectivity index (χ1n) is 3.68. The second-order valence-electron chi connectivity index (χ2n) is 2.49. The van der Waals surface area contributed by atoms with Crippen LogP contribution >= 0.6 is 11.8 Å². The summed E-state index contributed by atoms with van der Waals surface area (Å²) in [6.45, 7) is 1.38. The SMILES string of the molecule is C#Cc1cccc(N(Cl)C(C)=O)c1. The number of terminal acetylenes is 1. The van der Waals surface area contributed by atoms with Gasteiger partial charge in [-0.1, -0.05) is 12.0 Å². The molecule has 1 aromatic rings. The number of amides is 1. The molecule has 1 amide bonds. The van der Waals surface area contributed by atoms with Crippen LogP contribution in [0.5, 0.6) is 0 Å². The zero-order chi connectivity index (χ0) is 9.84. The van der Waals surface area contributed by atoms with Gasteiger partial charge in [-0.25, -0.2) is 4.42 Å². The number of nitrogens with zero attached hydrogens (tertiary/aromatic N) is 1. The summed E-state index contributed by atoms with van der Waals surface area (Å²) in [6.07, 6.45) is 5.20. The van der Waals surface area contributed by atoms with E-state index in [1.54, 1.807) is 24.3 Å². The topological polar surface area (TPSA) is 20.3 Å². The molecule has 0 radical (unpaired) electrons. The van der Waals surface area contributed by atoms with Crippen LogP contribution in [0.1, 0.15) is 12.5 Å². The maximum atomic E-state index is 10.9. The van der Waals surface area contributed by atoms with Gasteiger partial charge in [-0.3, -0.25) is 4.79 Å². The van der Waals surface area contributed by atoms with Crippen LogP contribution in [-0.2, 0) is 4.79 Å². The van der Waals surface area contributed by atoms with Crippen molar-refractivity contribution in [1.29, 1.82) is 0 Å². The quantitative estimate of drug-likeness (QED) is 0.495. The molecule has 0 aliphatic rings. The Kier molecular flexibility index (Phi) is 2.94. The van der Waals surface area contributed by atoms with Crippen LogP contribution in [0.15, 0.2) is 24.3 Å². The van der Waals surface area contributed by atoms with Crippen molar-refractivity contribution in [3.8, 4) is 12.3 Å². The average molecular weight is 194 g/mol. The molecule has 0 fully saturated rings. The van der Waals surface area contributed by atoms with E-state index in [1.807, 2.05) is 0 Å². The lowest BCUT2D eigenvalue weighted by Crippen LogP contribution is -2.16. The van der Waals surface area contributed by atoms with Gasteiger partial charge in [-0.2, -0.15) is 0 Å². The maximum absolute atomic E-state index is 10.9. The number of halogens is 1. The van der Waals surface area contributed by atoms with Gasteiger partial charge in [0, 0.05) is 24.3 Å². The summed E-state index contributed by atoms with van der Waals surface area (Å²) < 4.78 is 1.03. The van der Waals surface area contributed by atoms with Gasteiger partial charge in [0.1, 0.15) is 0 Å². The first-order valence-corrected chi connectivity index (χ1v) is 4.02. The van der Waals surface area contributed by atoms with Crippen molar-refractivity contribution in [3.63, 3.8) is 0 Å². The Hall–Kier alpha value is -1.46. The zero-order valence-electron chi connectivity index (χ0n) is 7.12. The van der Waals surface area contributed by atoms with Crippen molar-refractivity contribution in [1.82, 2.24) is 0 Å². The fourth-order valence-electron chi connectivity index (χ4n) is 0.900. The van der Waals surface area contributed by atoms with Crippen molar-refractivity contribution in [2.45, 2.75) is 6.92 Å². The summed E-state index contributed by atoms with van der Waals surface area (Å²) in [5.41, 5.74) is 1.29. The Bertz CT molecular complexity index is 367.